The molecule has 1 heterocycles. The number of alkyl carbamates (subject to hydrolysis) is 1. The number of ether oxygens (including phenoxy) is 1. The van der Waals surface area contributed by atoms with Crippen molar-refractivity contribution in [3.05, 3.63) is 35.9 Å². The molecule has 2 aliphatic rings. The lowest BCUT2D eigenvalue weighted by Gasteiger charge is -2.29. The molecule has 0 aromatic heterocycles. The van der Waals surface area contributed by atoms with Gasteiger partial charge in [0.15, 0.2) is 0 Å². The molecule has 1 saturated carbocycles. The summed E-state index contributed by atoms with van der Waals surface area (Å²) in [5, 5.41) is 5.70. The molecule has 0 radical (unpaired) electrons. The highest BCUT2D eigenvalue weighted by Crippen LogP contribution is 2.21. The fourth-order valence-corrected chi connectivity index (χ4v) is 4.10. The first kappa shape index (κ1) is 21.1. The van der Waals surface area contributed by atoms with Crippen molar-refractivity contribution < 1.29 is 19.1 Å². The topological polar surface area (TPSA) is 87.7 Å². The van der Waals surface area contributed by atoms with Crippen LogP contribution >= 0.6 is 0 Å². The molecule has 1 aliphatic carbocycles. The average molecular weight is 402 g/mol. The Morgan fingerprint density at radius 3 is 2.52 bits per heavy atom. The van der Waals surface area contributed by atoms with Gasteiger partial charge in [-0.15, -0.1) is 0 Å². The van der Waals surface area contributed by atoms with Gasteiger partial charge < -0.3 is 20.3 Å². The summed E-state index contributed by atoms with van der Waals surface area (Å²) in [7, 11) is 0. The van der Waals surface area contributed by atoms with E-state index in [9.17, 15) is 14.4 Å². The van der Waals surface area contributed by atoms with Crippen LogP contribution in [0.25, 0.3) is 0 Å². The number of carbonyl (C=O) groups is 3. The number of likely N-dealkylation sites (tertiary alicyclic amines) is 1. The maximum Gasteiger partial charge on any atom is 0.408 e. The van der Waals surface area contributed by atoms with E-state index in [0.717, 1.165) is 37.7 Å². The van der Waals surface area contributed by atoms with Crippen LogP contribution in [0, 0.1) is 0 Å². The van der Waals surface area contributed by atoms with Crippen LogP contribution in [0.15, 0.2) is 30.3 Å². The van der Waals surface area contributed by atoms with Gasteiger partial charge in [0, 0.05) is 12.6 Å². The maximum absolute atomic E-state index is 12.8. The Morgan fingerprint density at radius 2 is 1.79 bits per heavy atom. The van der Waals surface area contributed by atoms with Crippen molar-refractivity contribution in [1.82, 2.24) is 15.5 Å². The van der Waals surface area contributed by atoms with Crippen LogP contribution in [0.2, 0.25) is 0 Å². The van der Waals surface area contributed by atoms with E-state index in [1.165, 1.54) is 6.42 Å². The maximum atomic E-state index is 12.8. The summed E-state index contributed by atoms with van der Waals surface area (Å²) < 4.78 is 5.19. The van der Waals surface area contributed by atoms with E-state index in [4.69, 9.17) is 4.74 Å². The molecule has 3 amide bonds. The number of rotatable bonds is 6. The summed E-state index contributed by atoms with van der Waals surface area (Å²) >= 11 is 0. The average Bonchev–Trinajstić information content (AvgIpc) is 3.23. The Morgan fingerprint density at radius 1 is 1.07 bits per heavy atom. The zero-order valence-corrected chi connectivity index (χ0v) is 17.1. The number of hydrogen-bond donors (Lipinski definition) is 2. The Hall–Kier alpha value is -2.57. The standard InChI is InChI=1S/C22H31N3O4/c1-16(23-22(28)29-15-17-9-4-2-5-10-17)21(27)25-14-8-13-19(25)20(26)24-18-11-6-3-7-12-18/h2,4-5,9-10,16,18-19H,3,6-8,11-15H2,1H3,(H,23,28)(H,24,26)/t16-,19-/m0/s1. The monoisotopic (exact) mass is 401 g/mol. The third kappa shape index (κ3) is 5.95. The lowest BCUT2D eigenvalue weighted by molar-refractivity contribution is -0.140. The van der Waals surface area contributed by atoms with Gasteiger partial charge in [0.1, 0.15) is 18.7 Å². The van der Waals surface area contributed by atoms with Gasteiger partial charge in [-0.3, -0.25) is 9.59 Å². The van der Waals surface area contributed by atoms with E-state index in [-0.39, 0.29) is 24.5 Å². The highest BCUT2D eigenvalue weighted by atomic mass is 16.5. The largest absolute Gasteiger partial charge is 0.445 e. The molecule has 0 bridgehead atoms. The van der Waals surface area contributed by atoms with E-state index < -0.39 is 18.2 Å². The van der Waals surface area contributed by atoms with Crippen LogP contribution in [0.4, 0.5) is 4.79 Å². The van der Waals surface area contributed by atoms with Crippen molar-refractivity contribution in [2.24, 2.45) is 0 Å². The van der Waals surface area contributed by atoms with Crippen LogP contribution in [-0.2, 0) is 20.9 Å². The Kier molecular flexibility index (Phi) is 7.49. The van der Waals surface area contributed by atoms with Crippen molar-refractivity contribution in [3.8, 4) is 0 Å². The number of benzene rings is 1. The lowest BCUT2D eigenvalue weighted by Crippen LogP contribution is -2.53. The van der Waals surface area contributed by atoms with Crippen molar-refractivity contribution in [1.29, 1.82) is 0 Å². The molecule has 1 saturated heterocycles. The summed E-state index contributed by atoms with van der Waals surface area (Å²) in [6, 6.07) is 8.38. The summed E-state index contributed by atoms with van der Waals surface area (Å²) in [6.45, 7) is 2.30. The zero-order valence-electron chi connectivity index (χ0n) is 17.1. The molecule has 2 atom stereocenters. The minimum absolute atomic E-state index is 0.0680. The summed E-state index contributed by atoms with van der Waals surface area (Å²) in [4.78, 5) is 39.2. The van der Waals surface area contributed by atoms with Crippen LogP contribution < -0.4 is 10.6 Å². The van der Waals surface area contributed by atoms with Crippen molar-refractivity contribution in [2.45, 2.75) is 76.6 Å². The Bertz CT molecular complexity index is 703. The first-order chi connectivity index (χ1) is 14.0. The first-order valence-electron chi connectivity index (χ1n) is 10.6. The molecular weight excluding hydrogens is 370 g/mol. The second-order valence-corrected chi connectivity index (χ2v) is 7.96. The van der Waals surface area contributed by atoms with E-state index in [1.54, 1.807) is 11.8 Å². The van der Waals surface area contributed by atoms with Gasteiger partial charge in [-0.2, -0.15) is 0 Å². The van der Waals surface area contributed by atoms with Crippen molar-refractivity contribution in [2.75, 3.05) is 6.54 Å². The Balaban J connectivity index is 1.48. The predicted molar refractivity (Wildman–Crippen MR) is 109 cm³/mol. The number of hydrogen-bond acceptors (Lipinski definition) is 4. The fraction of sp³-hybridized carbons (Fsp3) is 0.591. The highest BCUT2D eigenvalue weighted by molar-refractivity contribution is 5.91. The Labute approximate surface area is 172 Å². The quantitative estimate of drug-likeness (QED) is 0.767. The molecule has 0 unspecified atom stereocenters. The van der Waals surface area contributed by atoms with Crippen molar-refractivity contribution in [3.63, 3.8) is 0 Å². The number of nitrogens with one attached hydrogen (secondary N) is 2. The number of nitrogens with zero attached hydrogens (tertiary/aromatic N) is 1. The predicted octanol–water partition coefficient (Wildman–Crippen LogP) is 2.74. The highest BCUT2D eigenvalue weighted by Gasteiger charge is 2.37. The van der Waals surface area contributed by atoms with Crippen LogP contribution in [0.5, 0.6) is 0 Å². The van der Waals surface area contributed by atoms with Crippen LogP contribution in [0.1, 0.15) is 57.4 Å². The third-order valence-electron chi connectivity index (χ3n) is 5.71. The van der Waals surface area contributed by atoms with E-state index in [1.807, 2.05) is 30.3 Å². The molecule has 2 N–H and O–H groups in total. The number of carbonyl (C=O) groups excluding carboxylic acids is 3. The molecule has 29 heavy (non-hydrogen) atoms. The fourth-order valence-electron chi connectivity index (χ4n) is 4.10. The van der Waals surface area contributed by atoms with E-state index in [0.29, 0.717) is 13.0 Å². The van der Waals surface area contributed by atoms with Crippen LogP contribution in [0.3, 0.4) is 0 Å². The molecule has 7 heteroatoms. The third-order valence-corrected chi connectivity index (χ3v) is 5.71. The molecular formula is C22H31N3O4. The molecule has 1 aromatic carbocycles. The van der Waals surface area contributed by atoms with Gasteiger partial charge in [-0.25, -0.2) is 4.79 Å². The van der Waals surface area contributed by atoms with Crippen LogP contribution in [-0.4, -0.2) is 47.5 Å². The zero-order chi connectivity index (χ0) is 20.6. The molecule has 0 spiro atoms. The van der Waals surface area contributed by atoms with Gasteiger partial charge in [0.05, 0.1) is 0 Å². The SMILES string of the molecule is C[C@H](NC(=O)OCc1ccccc1)C(=O)N1CCC[C@H]1C(=O)NC1CCCCC1. The lowest BCUT2D eigenvalue weighted by atomic mass is 9.95. The molecule has 158 valence electrons. The van der Waals surface area contributed by atoms with Gasteiger partial charge in [-0.1, -0.05) is 49.6 Å². The smallest absolute Gasteiger partial charge is 0.408 e. The minimum Gasteiger partial charge on any atom is -0.445 e. The molecule has 3 rings (SSSR count). The molecule has 1 aromatic rings. The molecule has 2 fully saturated rings. The van der Waals surface area contributed by atoms with Gasteiger partial charge >= 0.3 is 6.09 Å². The molecule has 1 aliphatic heterocycles. The number of amides is 3. The van der Waals surface area contributed by atoms with E-state index in [2.05, 4.69) is 10.6 Å². The summed E-state index contributed by atoms with van der Waals surface area (Å²) in [6.07, 6.45) is 6.35. The normalized spacial score (nSPS) is 20.7. The van der Waals surface area contributed by atoms with Gasteiger partial charge in [0.2, 0.25) is 11.8 Å². The van der Waals surface area contributed by atoms with Gasteiger partial charge in [0.25, 0.3) is 0 Å². The minimum atomic E-state index is -0.749. The van der Waals surface area contributed by atoms with E-state index >= 15 is 0 Å². The summed E-state index contributed by atoms with van der Waals surface area (Å²) in [5.74, 6) is -0.315. The molecule has 7 nitrogen and oxygen atoms in total. The first-order valence-corrected chi connectivity index (χ1v) is 10.6. The van der Waals surface area contributed by atoms with Crippen molar-refractivity contribution >= 4 is 17.9 Å². The second kappa shape index (κ2) is 10.3. The summed E-state index contributed by atoms with van der Waals surface area (Å²) in [5.41, 5.74) is 0.876. The second-order valence-electron chi connectivity index (χ2n) is 7.96. The van der Waals surface area contributed by atoms with Gasteiger partial charge in [-0.05, 0) is 38.2 Å².